The highest BCUT2D eigenvalue weighted by Gasteiger charge is 2.41. The Bertz CT molecular complexity index is 1330. The predicted molar refractivity (Wildman–Crippen MR) is 138 cm³/mol. The summed E-state index contributed by atoms with van der Waals surface area (Å²) < 4.78 is 51.1. The molecule has 0 radical (unpaired) electrons. The van der Waals surface area contributed by atoms with Crippen molar-refractivity contribution in [3.05, 3.63) is 65.1 Å². The monoisotopic (exact) mass is 547 g/mol. The molecule has 210 valence electrons. The highest BCUT2D eigenvalue weighted by Crippen LogP contribution is 2.40. The summed E-state index contributed by atoms with van der Waals surface area (Å²) in [6, 6.07) is 6.59. The zero-order valence-electron chi connectivity index (χ0n) is 21.6. The number of ether oxygens (including phenoxy) is 2. The summed E-state index contributed by atoms with van der Waals surface area (Å²) >= 11 is 0. The van der Waals surface area contributed by atoms with E-state index < -0.39 is 40.7 Å². The summed E-state index contributed by atoms with van der Waals surface area (Å²) in [5.74, 6) is -4.34. The van der Waals surface area contributed by atoms with Crippen LogP contribution in [0.3, 0.4) is 0 Å². The molecule has 11 heteroatoms. The minimum absolute atomic E-state index is 0.0148. The normalized spacial score (nSPS) is 16.3. The van der Waals surface area contributed by atoms with E-state index in [9.17, 15) is 28.2 Å². The quantitative estimate of drug-likeness (QED) is 0.306. The Morgan fingerprint density at radius 3 is 2.62 bits per heavy atom. The van der Waals surface area contributed by atoms with Crippen LogP contribution in [0.5, 0.6) is 11.5 Å². The first-order chi connectivity index (χ1) is 18.7. The summed E-state index contributed by atoms with van der Waals surface area (Å²) in [4.78, 5) is 18.7. The number of nitrogens with zero attached hydrogens (tertiary/aromatic N) is 2. The van der Waals surface area contributed by atoms with Crippen molar-refractivity contribution in [2.24, 2.45) is 11.1 Å². The molecule has 1 fully saturated rings. The number of carboxylic acid groups (broad SMARTS) is 1. The molecule has 0 unspecified atom stereocenters. The van der Waals surface area contributed by atoms with Crippen LogP contribution in [0, 0.1) is 22.9 Å². The average Bonchev–Trinajstić information content (AvgIpc) is 2.93. The maximum atomic E-state index is 13.8. The zero-order valence-corrected chi connectivity index (χ0v) is 21.6. The lowest BCUT2D eigenvalue weighted by Gasteiger charge is -2.39. The molecule has 0 spiro atoms. The van der Waals surface area contributed by atoms with Crippen LogP contribution < -0.4 is 15.2 Å². The van der Waals surface area contributed by atoms with E-state index in [0.29, 0.717) is 66.3 Å². The van der Waals surface area contributed by atoms with E-state index in [-0.39, 0.29) is 26.0 Å². The number of methoxy groups -OCH3 is 1. The summed E-state index contributed by atoms with van der Waals surface area (Å²) in [6.07, 6.45) is 1.82. The smallest absolute Gasteiger partial charge is 0.309 e. The first kappa shape index (κ1) is 28.6. The highest BCUT2D eigenvalue weighted by molar-refractivity contribution is 5.85. The van der Waals surface area contributed by atoms with Gasteiger partial charge in [0.15, 0.2) is 11.6 Å². The molecule has 1 aromatic heterocycles. The molecule has 1 atom stereocenters. The lowest BCUT2D eigenvalue weighted by Crippen LogP contribution is -2.45. The Morgan fingerprint density at radius 2 is 1.95 bits per heavy atom. The molecular weight excluding hydrogens is 515 g/mol. The second-order valence-electron chi connectivity index (χ2n) is 9.81. The van der Waals surface area contributed by atoms with Crippen LogP contribution in [0.1, 0.15) is 42.9 Å². The molecule has 0 aliphatic carbocycles. The van der Waals surface area contributed by atoms with Crippen molar-refractivity contribution in [2.75, 3.05) is 33.4 Å². The molecule has 3 aromatic rings. The van der Waals surface area contributed by atoms with Crippen LogP contribution in [0.25, 0.3) is 10.9 Å². The van der Waals surface area contributed by atoms with E-state index in [1.54, 1.807) is 31.5 Å². The van der Waals surface area contributed by atoms with Crippen LogP contribution >= 0.6 is 0 Å². The fourth-order valence-electron chi connectivity index (χ4n) is 5.17. The third kappa shape index (κ3) is 6.26. The number of carboxylic acids is 1. The molecule has 2 aromatic carbocycles. The van der Waals surface area contributed by atoms with Gasteiger partial charge in [0.05, 0.1) is 24.1 Å². The number of piperidine rings is 1. The molecule has 4 rings (SSSR count). The van der Waals surface area contributed by atoms with Crippen LogP contribution in [0.4, 0.5) is 13.2 Å². The Hall–Kier alpha value is -3.41. The number of aromatic nitrogens is 1. The van der Waals surface area contributed by atoms with Crippen molar-refractivity contribution >= 4 is 16.9 Å². The first-order valence-corrected chi connectivity index (χ1v) is 12.7. The van der Waals surface area contributed by atoms with Gasteiger partial charge in [-0.1, -0.05) is 0 Å². The number of aliphatic hydroxyl groups is 1. The number of hydrogen-bond donors (Lipinski definition) is 3. The van der Waals surface area contributed by atoms with Gasteiger partial charge in [0, 0.05) is 36.8 Å². The summed E-state index contributed by atoms with van der Waals surface area (Å²) in [6.45, 7) is 1.36. The van der Waals surface area contributed by atoms with Crippen molar-refractivity contribution in [3.63, 3.8) is 0 Å². The van der Waals surface area contributed by atoms with Gasteiger partial charge in [-0.05, 0) is 68.1 Å². The summed E-state index contributed by atoms with van der Waals surface area (Å²) in [5.41, 5.74) is 6.87. The molecule has 1 saturated heterocycles. The van der Waals surface area contributed by atoms with Gasteiger partial charge in [0.2, 0.25) is 5.82 Å². The molecule has 8 nitrogen and oxygen atoms in total. The maximum absolute atomic E-state index is 13.8. The van der Waals surface area contributed by atoms with Crippen molar-refractivity contribution < 1.29 is 37.7 Å². The number of halogens is 3. The van der Waals surface area contributed by atoms with Crippen molar-refractivity contribution in [3.8, 4) is 11.5 Å². The number of aliphatic carboxylic acids is 1. The van der Waals surface area contributed by atoms with Crippen LogP contribution in [-0.2, 0) is 11.3 Å². The molecular formula is C28H32F3N3O5. The molecule has 0 amide bonds. The van der Waals surface area contributed by atoms with E-state index in [1.807, 2.05) is 4.90 Å². The molecule has 39 heavy (non-hydrogen) atoms. The number of likely N-dealkylation sites (tertiary alicyclic amines) is 1. The highest BCUT2D eigenvalue weighted by atomic mass is 19.2. The third-order valence-corrected chi connectivity index (χ3v) is 7.54. The van der Waals surface area contributed by atoms with E-state index in [0.717, 1.165) is 6.07 Å². The van der Waals surface area contributed by atoms with Gasteiger partial charge in [-0.15, -0.1) is 0 Å². The van der Waals surface area contributed by atoms with Gasteiger partial charge in [-0.25, -0.2) is 8.78 Å². The second kappa shape index (κ2) is 12.2. The predicted octanol–water partition coefficient (Wildman–Crippen LogP) is 4.18. The topological polar surface area (TPSA) is 118 Å². The molecule has 1 aliphatic heterocycles. The maximum Gasteiger partial charge on any atom is 0.309 e. The molecule has 1 aliphatic rings. The van der Waals surface area contributed by atoms with Crippen LogP contribution in [0.15, 0.2) is 36.5 Å². The molecule has 0 bridgehead atoms. The Morgan fingerprint density at radius 1 is 1.21 bits per heavy atom. The Labute approximate surface area is 224 Å². The van der Waals surface area contributed by atoms with Gasteiger partial charge < -0.3 is 25.4 Å². The number of benzene rings is 2. The number of rotatable bonds is 11. The standard InChI is InChI=1S/C28H32F3N3O5/c1-38-19-2-3-22-20(14-19)25(17(15-32)16-33-22)23(35)4-5-28(27(36)37)6-8-34(9-7-28)10-11-39-24-13-18(29)12-21(30)26(24)31/h2-3,12-14,16,23,35H,4-11,15,32H2,1H3,(H,36,37)/t23-/m0/s1. The summed E-state index contributed by atoms with van der Waals surface area (Å²) in [7, 11) is 1.55. The van der Waals surface area contributed by atoms with E-state index in [4.69, 9.17) is 15.2 Å². The molecule has 4 N–H and O–H groups in total. The van der Waals surface area contributed by atoms with Gasteiger partial charge in [-0.2, -0.15) is 4.39 Å². The average molecular weight is 548 g/mol. The minimum Gasteiger partial charge on any atom is -0.497 e. The largest absolute Gasteiger partial charge is 0.497 e. The zero-order chi connectivity index (χ0) is 28.2. The van der Waals surface area contributed by atoms with Crippen molar-refractivity contribution in [1.29, 1.82) is 0 Å². The number of hydrogen-bond acceptors (Lipinski definition) is 7. The van der Waals surface area contributed by atoms with E-state index >= 15 is 0 Å². The lowest BCUT2D eigenvalue weighted by molar-refractivity contribution is -0.153. The van der Waals surface area contributed by atoms with E-state index in [1.165, 1.54) is 0 Å². The fraction of sp³-hybridized carbons (Fsp3) is 0.429. The third-order valence-electron chi connectivity index (χ3n) is 7.54. The van der Waals surface area contributed by atoms with Crippen LogP contribution in [-0.4, -0.2) is 59.4 Å². The van der Waals surface area contributed by atoms with Gasteiger partial charge in [0.1, 0.15) is 18.2 Å². The first-order valence-electron chi connectivity index (χ1n) is 12.7. The van der Waals surface area contributed by atoms with Gasteiger partial charge in [-0.3, -0.25) is 14.7 Å². The van der Waals surface area contributed by atoms with Crippen molar-refractivity contribution in [1.82, 2.24) is 9.88 Å². The fourth-order valence-corrected chi connectivity index (χ4v) is 5.17. The Kier molecular flexibility index (Phi) is 8.94. The number of pyridine rings is 1. The van der Waals surface area contributed by atoms with Gasteiger partial charge in [0.25, 0.3) is 0 Å². The van der Waals surface area contributed by atoms with E-state index in [2.05, 4.69) is 4.98 Å². The molecule has 0 saturated carbocycles. The van der Waals surface area contributed by atoms with Gasteiger partial charge >= 0.3 is 5.97 Å². The molecule has 2 heterocycles. The lowest BCUT2D eigenvalue weighted by atomic mass is 9.74. The Balaban J connectivity index is 1.39. The number of aliphatic hydroxyl groups excluding tert-OH is 1. The number of fused-ring (bicyclic) bond motifs is 1. The van der Waals surface area contributed by atoms with Crippen molar-refractivity contribution in [2.45, 2.75) is 38.3 Å². The minimum atomic E-state index is -1.33. The summed E-state index contributed by atoms with van der Waals surface area (Å²) in [5, 5.41) is 22.1. The second-order valence-corrected chi connectivity index (χ2v) is 9.81. The number of nitrogens with two attached hydrogens (primary N) is 1. The van der Waals surface area contributed by atoms with Crippen LogP contribution in [0.2, 0.25) is 0 Å². The SMILES string of the molecule is COc1ccc2ncc(CN)c([C@@H](O)CCC3(C(=O)O)CCN(CCOc4cc(F)cc(F)c4F)CC3)c2c1. The number of carbonyl (C=O) groups is 1.